The summed E-state index contributed by atoms with van der Waals surface area (Å²) in [6, 6.07) is 6.20. The Morgan fingerprint density at radius 2 is 2.13 bits per heavy atom. The summed E-state index contributed by atoms with van der Waals surface area (Å²) in [6.07, 6.45) is 1.06. The van der Waals surface area contributed by atoms with Crippen LogP contribution in [0.15, 0.2) is 27.7 Å². The lowest BCUT2D eigenvalue weighted by Gasteiger charge is -2.26. The number of halogens is 2. The van der Waals surface area contributed by atoms with Gasteiger partial charge in [-0.2, -0.15) is 0 Å². The number of hydrogen-bond donors (Lipinski definition) is 2. The maximum atomic E-state index is 5.92. The zero-order chi connectivity index (χ0) is 15.8. The van der Waals surface area contributed by atoms with Crippen LogP contribution in [0.5, 0.6) is 0 Å². The van der Waals surface area contributed by atoms with E-state index in [0.29, 0.717) is 12.5 Å². The lowest BCUT2D eigenvalue weighted by atomic mass is 10.1. The van der Waals surface area contributed by atoms with Crippen LogP contribution in [-0.2, 0) is 11.3 Å². The molecule has 3 N–H and O–H groups in total. The minimum absolute atomic E-state index is 0. The van der Waals surface area contributed by atoms with Crippen LogP contribution in [0.1, 0.15) is 17.5 Å². The molecule has 7 heteroatoms. The molecule has 0 amide bonds. The average molecular weight is 497 g/mol. The van der Waals surface area contributed by atoms with Crippen molar-refractivity contribution >= 4 is 45.9 Å². The molecule has 0 radical (unpaired) electrons. The minimum atomic E-state index is 0. The highest BCUT2D eigenvalue weighted by molar-refractivity contribution is 14.0. The molecule has 0 bridgehead atoms. The SMILES string of the molecule is Cc1cc(Br)ccc1CN=C(N)NCCCN1CCOCC1.I. The van der Waals surface area contributed by atoms with E-state index in [1.54, 1.807) is 0 Å². The smallest absolute Gasteiger partial charge is 0.188 e. The van der Waals surface area contributed by atoms with Crippen LogP contribution >= 0.6 is 39.9 Å². The molecule has 0 unspecified atom stereocenters. The van der Waals surface area contributed by atoms with Crippen LogP contribution in [0.25, 0.3) is 0 Å². The first-order valence-electron chi connectivity index (χ1n) is 7.74. The molecule has 23 heavy (non-hydrogen) atoms. The lowest BCUT2D eigenvalue weighted by Crippen LogP contribution is -2.39. The molecule has 0 atom stereocenters. The van der Waals surface area contributed by atoms with E-state index >= 15 is 0 Å². The first kappa shape index (κ1) is 20.7. The van der Waals surface area contributed by atoms with E-state index in [0.717, 1.165) is 50.3 Å². The Morgan fingerprint density at radius 1 is 1.39 bits per heavy atom. The second-order valence-corrected chi connectivity index (χ2v) is 6.42. The highest BCUT2D eigenvalue weighted by Gasteiger charge is 2.08. The van der Waals surface area contributed by atoms with Gasteiger partial charge in [0.2, 0.25) is 0 Å². The fourth-order valence-corrected chi connectivity index (χ4v) is 2.88. The summed E-state index contributed by atoms with van der Waals surface area (Å²) in [6.45, 7) is 8.40. The minimum Gasteiger partial charge on any atom is -0.379 e. The Balaban J connectivity index is 0.00000264. The first-order chi connectivity index (χ1) is 10.6. The largest absolute Gasteiger partial charge is 0.379 e. The van der Waals surface area contributed by atoms with Crippen LogP contribution in [0.3, 0.4) is 0 Å². The summed E-state index contributed by atoms with van der Waals surface area (Å²) in [5, 5.41) is 3.18. The molecular weight excluding hydrogens is 471 g/mol. The summed E-state index contributed by atoms with van der Waals surface area (Å²) >= 11 is 3.47. The third kappa shape index (κ3) is 7.82. The summed E-state index contributed by atoms with van der Waals surface area (Å²) in [4.78, 5) is 6.82. The number of hydrogen-bond acceptors (Lipinski definition) is 3. The quantitative estimate of drug-likeness (QED) is 0.275. The molecule has 1 fully saturated rings. The number of nitrogens with one attached hydrogen (secondary N) is 1. The summed E-state index contributed by atoms with van der Waals surface area (Å²) < 4.78 is 6.43. The van der Waals surface area contributed by atoms with E-state index in [9.17, 15) is 0 Å². The van der Waals surface area contributed by atoms with Gasteiger partial charge in [-0.15, -0.1) is 24.0 Å². The van der Waals surface area contributed by atoms with Gasteiger partial charge in [0.1, 0.15) is 0 Å². The van der Waals surface area contributed by atoms with Crippen LogP contribution in [-0.4, -0.2) is 50.3 Å². The number of benzene rings is 1. The Kier molecular flexibility index (Phi) is 10.1. The Labute approximate surface area is 164 Å². The highest BCUT2D eigenvalue weighted by Crippen LogP contribution is 2.16. The van der Waals surface area contributed by atoms with Crippen LogP contribution in [0, 0.1) is 6.92 Å². The van der Waals surface area contributed by atoms with E-state index in [-0.39, 0.29) is 24.0 Å². The van der Waals surface area contributed by atoms with Crippen molar-refractivity contribution in [3.8, 4) is 0 Å². The van der Waals surface area contributed by atoms with Crippen molar-refractivity contribution in [3.63, 3.8) is 0 Å². The predicted octanol–water partition coefficient (Wildman–Crippen LogP) is 2.50. The van der Waals surface area contributed by atoms with Gasteiger partial charge in [-0.25, -0.2) is 4.99 Å². The molecule has 1 aromatic carbocycles. The zero-order valence-electron chi connectivity index (χ0n) is 13.6. The Morgan fingerprint density at radius 3 is 2.83 bits per heavy atom. The molecular formula is C16H26BrIN4O. The molecule has 1 saturated heterocycles. The van der Waals surface area contributed by atoms with Crippen LogP contribution in [0.4, 0.5) is 0 Å². The van der Waals surface area contributed by atoms with Crippen molar-refractivity contribution in [3.05, 3.63) is 33.8 Å². The predicted molar refractivity (Wildman–Crippen MR) is 109 cm³/mol. The number of aryl methyl sites for hydroxylation is 1. The standard InChI is InChI=1S/C16H25BrN4O.HI/c1-13-11-15(17)4-3-14(13)12-20-16(18)19-5-2-6-21-7-9-22-10-8-21;/h3-4,11H,2,5-10,12H2,1H3,(H3,18,19,20);1H. The first-order valence-corrected chi connectivity index (χ1v) is 8.53. The normalized spacial score (nSPS) is 16.0. The molecule has 1 aliphatic rings. The molecule has 5 nitrogen and oxygen atoms in total. The second-order valence-electron chi connectivity index (χ2n) is 5.51. The maximum Gasteiger partial charge on any atom is 0.188 e. The monoisotopic (exact) mass is 496 g/mol. The van der Waals surface area contributed by atoms with Gasteiger partial charge in [-0.1, -0.05) is 22.0 Å². The maximum absolute atomic E-state index is 5.92. The van der Waals surface area contributed by atoms with Gasteiger partial charge in [0.05, 0.1) is 19.8 Å². The van der Waals surface area contributed by atoms with Crippen molar-refractivity contribution in [2.24, 2.45) is 10.7 Å². The van der Waals surface area contributed by atoms with E-state index < -0.39 is 0 Å². The van der Waals surface area contributed by atoms with Gasteiger partial charge in [-0.3, -0.25) is 4.90 Å². The van der Waals surface area contributed by atoms with Gasteiger partial charge < -0.3 is 15.8 Å². The van der Waals surface area contributed by atoms with Gasteiger partial charge in [-0.05, 0) is 43.1 Å². The highest BCUT2D eigenvalue weighted by atomic mass is 127. The molecule has 1 heterocycles. The number of aliphatic imine (C=N–C) groups is 1. The molecule has 2 rings (SSSR count). The molecule has 1 aliphatic heterocycles. The van der Waals surface area contributed by atoms with Crippen LogP contribution < -0.4 is 11.1 Å². The fourth-order valence-electron chi connectivity index (χ4n) is 2.41. The number of morpholine rings is 1. The van der Waals surface area contributed by atoms with Crippen molar-refractivity contribution in [1.82, 2.24) is 10.2 Å². The fraction of sp³-hybridized carbons (Fsp3) is 0.562. The third-order valence-electron chi connectivity index (χ3n) is 3.79. The summed E-state index contributed by atoms with van der Waals surface area (Å²) in [5.74, 6) is 0.518. The van der Waals surface area contributed by atoms with E-state index in [1.165, 1.54) is 11.1 Å². The number of nitrogens with two attached hydrogens (primary N) is 1. The van der Waals surface area contributed by atoms with Crippen molar-refractivity contribution in [1.29, 1.82) is 0 Å². The summed E-state index contributed by atoms with van der Waals surface area (Å²) in [5.41, 5.74) is 8.33. The van der Waals surface area contributed by atoms with Gasteiger partial charge in [0.25, 0.3) is 0 Å². The lowest BCUT2D eigenvalue weighted by molar-refractivity contribution is 0.0376. The molecule has 0 spiro atoms. The van der Waals surface area contributed by atoms with Gasteiger partial charge in [0, 0.05) is 24.1 Å². The molecule has 0 aromatic heterocycles. The van der Waals surface area contributed by atoms with E-state index in [2.05, 4.69) is 50.2 Å². The number of ether oxygens (including phenoxy) is 1. The Bertz CT molecular complexity index is 507. The molecule has 130 valence electrons. The molecule has 0 aliphatic carbocycles. The van der Waals surface area contributed by atoms with Crippen molar-refractivity contribution in [2.75, 3.05) is 39.4 Å². The number of guanidine groups is 1. The Hall–Kier alpha value is -0.380. The molecule has 1 aromatic rings. The van der Waals surface area contributed by atoms with Crippen molar-refractivity contribution in [2.45, 2.75) is 19.9 Å². The second kappa shape index (κ2) is 11.2. The molecule has 0 saturated carbocycles. The van der Waals surface area contributed by atoms with Gasteiger partial charge in [0.15, 0.2) is 5.96 Å². The zero-order valence-corrected chi connectivity index (χ0v) is 17.5. The number of rotatable bonds is 6. The van der Waals surface area contributed by atoms with Gasteiger partial charge >= 0.3 is 0 Å². The summed E-state index contributed by atoms with van der Waals surface area (Å²) in [7, 11) is 0. The van der Waals surface area contributed by atoms with E-state index in [4.69, 9.17) is 10.5 Å². The van der Waals surface area contributed by atoms with Crippen molar-refractivity contribution < 1.29 is 4.74 Å². The number of nitrogens with zero attached hydrogens (tertiary/aromatic N) is 2. The van der Waals surface area contributed by atoms with E-state index in [1.807, 2.05) is 6.07 Å². The topological polar surface area (TPSA) is 62.9 Å². The van der Waals surface area contributed by atoms with Crippen LogP contribution in [0.2, 0.25) is 0 Å². The average Bonchev–Trinajstić information content (AvgIpc) is 2.52. The third-order valence-corrected chi connectivity index (χ3v) is 4.28.